The summed E-state index contributed by atoms with van der Waals surface area (Å²) in [6.07, 6.45) is 3.44. The number of rotatable bonds is 10. The Hall–Kier alpha value is -4.24. The Morgan fingerprint density at radius 1 is 1.15 bits per heavy atom. The zero-order valence-electron chi connectivity index (χ0n) is 22.0. The van der Waals surface area contributed by atoms with Crippen molar-refractivity contribution in [3.8, 4) is 22.9 Å². The summed E-state index contributed by atoms with van der Waals surface area (Å²) in [5.74, 6) is 0.616. The topological polar surface area (TPSA) is 127 Å². The van der Waals surface area contributed by atoms with Gasteiger partial charge in [0.1, 0.15) is 11.8 Å². The highest BCUT2D eigenvalue weighted by atomic mass is 35.5. The van der Waals surface area contributed by atoms with Gasteiger partial charge in [-0.15, -0.1) is 10.2 Å². The first-order valence-corrected chi connectivity index (χ1v) is 12.4. The molecule has 0 saturated carbocycles. The van der Waals surface area contributed by atoms with Crippen LogP contribution in [0.3, 0.4) is 0 Å². The van der Waals surface area contributed by atoms with Gasteiger partial charge in [0, 0.05) is 48.6 Å². The molecule has 3 heterocycles. The highest BCUT2D eigenvalue weighted by Crippen LogP contribution is 2.33. The summed E-state index contributed by atoms with van der Waals surface area (Å²) in [4.78, 5) is 28.9. The maximum absolute atomic E-state index is 13.5. The number of benzene rings is 1. The first-order valence-electron chi connectivity index (χ1n) is 12.0. The van der Waals surface area contributed by atoms with E-state index in [0.29, 0.717) is 45.3 Å². The van der Waals surface area contributed by atoms with E-state index in [9.17, 15) is 14.9 Å². The summed E-state index contributed by atoms with van der Waals surface area (Å²) in [6.45, 7) is 0.801. The van der Waals surface area contributed by atoms with E-state index in [2.05, 4.69) is 21.6 Å². The van der Waals surface area contributed by atoms with Crippen LogP contribution in [-0.4, -0.2) is 64.9 Å². The smallest absolute Gasteiger partial charge is 0.252 e. The molecule has 1 unspecified atom stereocenters. The van der Waals surface area contributed by atoms with Crippen LogP contribution in [0.4, 0.5) is 5.69 Å². The summed E-state index contributed by atoms with van der Waals surface area (Å²) < 4.78 is 13.9. The van der Waals surface area contributed by atoms with Gasteiger partial charge in [0.15, 0.2) is 11.5 Å². The quantitative estimate of drug-likeness (QED) is 0.319. The first kappa shape index (κ1) is 27.8. The number of carbonyl (C=O) groups is 1. The average molecular weight is 550 g/mol. The molecule has 1 N–H and O–H groups in total. The first-order chi connectivity index (χ1) is 18.7. The number of nitrogens with one attached hydrogen (secondary N) is 1. The lowest BCUT2D eigenvalue weighted by Crippen LogP contribution is -2.34. The number of ether oxygens (including phenoxy) is 2. The summed E-state index contributed by atoms with van der Waals surface area (Å²) in [5, 5.41) is 21.3. The van der Waals surface area contributed by atoms with Crippen LogP contribution in [0.5, 0.6) is 5.75 Å². The lowest BCUT2D eigenvalue weighted by molar-refractivity contribution is -0.119. The number of carbonyl (C=O) groups excluding carboxylic acids is 1. The van der Waals surface area contributed by atoms with Gasteiger partial charge in [-0.1, -0.05) is 11.6 Å². The van der Waals surface area contributed by atoms with Crippen LogP contribution in [0, 0.1) is 11.3 Å². The van der Waals surface area contributed by atoms with Crippen molar-refractivity contribution in [2.45, 2.75) is 19.0 Å². The Morgan fingerprint density at radius 3 is 2.64 bits per heavy atom. The fourth-order valence-electron chi connectivity index (χ4n) is 4.24. The zero-order valence-corrected chi connectivity index (χ0v) is 22.8. The number of nitrogens with zero attached hydrogens (tertiary/aromatic N) is 6. The molecule has 1 amide bonds. The van der Waals surface area contributed by atoms with Crippen molar-refractivity contribution < 1.29 is 14.3 Å². The summed E-state index contributed by atoms with van der Waals surface area (Å²) in [6, 6.07) is 10.8. The van der Waals surface area contributed by atoms with E-state index in [0.717, 1.165) is 5.82 Å². The van der Waals surface area contributed by atoms with Crippen molar-refractivity contribution in [3.05, 3.63) is 75.6 Å². The van der Waals surface area contributed by atoms with Crippen LogP contribution in [0.1, 0.15) is 23.9 Å². The van der Waals surface area contributed by atoms with E-state index in [1.165, 1.54) is 31.0 Å². The van der Waals surface area contributed by atoms with E-state index < -0.39 is 17.5 Å². The molecule has 202 valence electrons. The van der Waals surface area contributed by atoms with Crippen molar-refractivity contribution in [3.63, 3.8) is 0 Å². The molecule has 12 heteroatoms. The van der Waals surface area contributed by atoms with Gasteiger partial charge in [-0.2, -0.15) is 5.26 Å². The van der Waals surface area contributed by atoms with Crippen LogP contribution in [0.15, 0.2) is 53.6 Å². The third-order valence-corrected chi connectivity index (χ3v) is 6.32. The number of amides is 1. The second-order valence-electron chi connectivity index (χ2n) is 9.09. The second-order valence-corrected chi connectivity index (χ2v) is 9.53. The Labute approximate surface area is 230 Å². The van der Waals surface area contributed by atoms with E-state index in [4.69, 9.17) is 21.1 Å². The molecule has 0 bridgehead atoms. The number of hydrogen-bond acceptors (Lipinski definition) is 8. The SMILES string of the molecule is COCCC(C(=O)Nc1ccc2nnc(CN(C)C)n2c1)n1cc(OC)c(-c2cc(Cl)ccc2C#N)cc1=O. The minimum atomic E-state index is -0.909. The molecule has 4 rings (SSSR count). The van der Waals surface area contributed by atoms with Gasteiger partial charge in [-0.3, -0.25) is 18.6 Å². The van der Waals surface area contributed by atoms with E-state index in [1.54, 1.807) is 36.5 Å². The van der Waals surface area contributed by atoms with Crippen molar-refractivity contribution >= 4 is 28.8 Å². The lowest BCUT2D eigenvalue weighted by atomic mass is 10.00. The molecule has 0 aliphatic heterocycles. The third-order valence-electron chi connectivity index (χ3n) is 6.09. The predicted molar refractivity (Wildman–Crippen MR) is 147 cm³/mol. The van der Waals surface area contributed by atoms with E-state index in [1.807, 2.05) is 23.4 Å². The van der Waals surface area contributed by atoms with Gasteiger partial charge in [0.25, 0.3) is 5.56 Å². The van der Waals surface area contributed by atoms with Crippen molar-refractivity contribution in [1.29, 1.82) is 5.26 Å². The second kappa shape index (κ2) is 12.1. The van der Waals surface area contributed by atoms with E-state index in [-0.39, 0.29) is 13.0 Å². The number of hydrogen-bond donors (Lipinski definition) is 1. The number of anilines is 1. The van der Waals surface area contributed by atoms with Gasteiger partial charge in [-0.25, -0.2) is 0 Å². The van der Waals surface area contributed by atoms with Crippen molar-refractivity contribution in [1.82, 2.24) is 24.1 Å². The highest BCUT2D eigenvalue weighted by molar-refractivity contribution is 6.31. The Morgan fingerprint density at radius 2 is 1.95 bits per heavy atom. The minimum Gasteiger partial charge on any atom is -0.495 e. The zero-order chi connectivity index (χ0) is 28.1. The molecule has 0 spiro atoms. The fraction of sp³-hybridized carbons (Fsp3) is 0.296. The Bertz CT molecular complexity index is 1610. The number of fused-ring (bicyclic) bond motifs is 1. The van der Waals surface area contributed by atoms with Gasteiger partial charge in [0.2, 0.25) is 5.91 Å². The maximum atomic E-state index is 13.5. The molecule has 0 saturated heterocycles. The van der Waals surface area contributed by atoms with Crippen LogP contribution in [0.25, 0.3) is 16.8 Å². The molecule has 39 heavy (non-hydrogen) atoms. The normalized spacial score (nSPS) is 11.9. The van der Waals surface area contributed by atoms with Crippen LogP contribution >= 0.6 is 11.6 Å². The molecule has 0 fully saturated rings. The van der Waals surface area contributed by atoms with Crippen molar-refractivity contribution in [2.24, 2.45) is 0 Å². The van der Waals surface area contributed by atoms with Gasteiger partial charge in [0.05, 0.1) is 37.2 Å². The molecular formula is C27H28ClN7O4. The molecular weight excluding hydrogens is 522 g/mol. The largest absolute Gasteiger partial charge is 0.495 e. The molecule has 1 aromatic carbocycles. The highest BCUT2D eigenvalue weighted by Gasteiger charge is 2.24. The maximum Gasteiger partial charge on any atom is 0.252 e. The standard InChI is InChI=1S/C27H28ClN7O4/c1-33(2)16-25-32-31-24-8-7-19(14-35(24)25)30-27(37)22(9-10-38-3)34-15-23(39-4)21(12-26(34)36)20-11-18(28)6-5-17(20)13-29/h5-8,11-12,14-15,22H,9-10,16H2,1-4H3,(H,30,37). The Balaban J connectivity index is 1.71. The van der Waals surface area contributed by atoms with Crippen LogP contribution in [0.2, 0.25) is 5.02 Å². The molecule has 0 aliphatic carbocycles. The molecule has 0 radical (unpaired) electrons. The van der Waals surface area contributed by atoms with Crippen LogP contribution in [-0.2, 0) is 16.1 Å². The van der Waals surface area contributed by atoms with E-state index >= 15 is 0 Å². The number of nitriles is 1. The number of methoxy groups -OCH3 is 2. The number of aromatic nitrogens is 4. The molecule has 1 atom stereocenters. The summed E-state index contributed by atoms with van der Waals surface area (Å²) in [5.41, 5.74) is 1.91. The third kappa shape index (κ3) is 6.09. The fourth-order valence-corrected chi connectivity index (χ4v) is 4.41. The molecule has 4 aromatic rings. The monoisotopic (exact) mass is 549 g/mol. The summed E-state index contributed by atoms with van der Waals surface area (Å²) >= 11 is 6.17. The van der Waals surface area contributed by atoms with Gasteiger partial charge in [-0.05, 0) is 44.4 Å². The van der Waals surface area contributed by atoms with Gasteiger partial charge >= 0.3 is 0 Å². The number of pyridine rings is 2. The molecule has 3 aromatic heterocycles. The Kier molecular flexibility index (Phi) is 8.61. The lowest BCUT2D eigenvalue weighted by Gasteiger charge is -2.21. The number of halogens is 1. The van der Waals surface area contributed by atoms with Crippen LogP contribution < -0.4 is 15.6 Å². The van der Waals surface area contributed by atoms with Crippen molar-refractivity contribution in [2.75, 3.05) is 40.2 Å². The van der Waals surface area contributed by atoms with Gasteiger partial charge < -0.3 is 19.7 Å². The minimum absolute atomic E-state index is 0.228. The molecule has 11 nitrogen and oxygen atoms in total. The predicted octanol–water partition coefficient (Wildman–Crippen LogP) is 3.37. The average Bonchev–Trinajstić information content (AvgIpc) is 3.30. The molecule has 0 aliphatic rings. The summed E-state index contributed by atoms with van der Waals surface area (Å²) in [7, 11) is 6.83.